The molecular formula is C41H53Cl2F18N7O7S2. The number of rotatable bonds is 13. The van der Waals surface area contributed by atoms with Crippen LogP contribution in [0.3, 0.4) is 0 Å². The zero-order valence-corrected chi connectivity index (χ0v) is 42.8. The lowest BCUT2D eigenvalue weighted by atomic mass is 9.86. The molecule has 0 atom stereocenters. The zero-order valence-electron chi connectivity index (χ0n) is 39.7. The molecule has 2 amide bonds. The Hall–Kier alpha value is -3.64. The Balaban J connectivity index is 0.000000606. The molecule has 2 aliphatic carbocycles. The standard InChI is InChI=1S/C19H22F9N3O3S.C16H18F6N2O.C3H4F3NO2S.C2H7NO.CH2Cl2/c20-17(21,22)13-7-12(8-14(9-13)18(23,24)25)16(32)30-10-11-1-3-15(4-2-11)29-5-6-31-35(33,34)19(26,27)28;17-15(18,19)11-5-10(6-12(7-11)16(20,21)22)14(25)24-8-9-1-3-13(23)4-2-9;4-3(5,6)10(8,9)7-1-2-7;3-1-2-4;2-1-3/h7-9,11,15,29,31H,1-6,10H2,(H,30,32);5-7,9,13H,1-4,8,23H2,(H,24,25);1-2H2;4H,1-3H2;1H2. The van der Waals surface area contributed by atoms with Crippen LogP contribution in [0.4, 0.5) is 79.0 Å². The van der Waals surface area contributed by atoms with Gasteiger partial charge >= 0.3 is 55.8 Å². The molecule has 3 fully saturated rings. The van der Waals surface area contributed by atoms with Crippen molar-refractivity contribution in [2.24, 2.45) is 23.3 Å². The highest BCUT2D eigenvalue weighted by molar-refractivity contribution is 7.90. The summed E-state index contributed by atoms with van der Waals surface area (Å²) in [4.78, 5) is 24.3. The molecule has 2 aromatic carbocycles. The molecule has 5 rings (SSSR count). The third-order valence-electron chi connectivity index (χ3n) is 10.9. The van der Waals surface area contributed by atoms with Crippen molar-refractivity contribution in [3.8, 4) is 0 Å². The van der Waals surface area contributed by atoms with Crippen LogP contribution in [0.15, 0.2) is 36.4 Å². The van der Waals surface area contributed by atoms with Gasteiger partial charge in [0.25, 0.3) is 11.8 Å². The van der Waals surface area contributed by atoms with E-state index in [1.54, 1.807) is 0 Å². The normalized spacial score (nSPS) is 19.6. The largest absolute Gasteiger partial charge is 0.511 e. The summed E-state index contributed by atoms with van der Waals surface area (Å²) in [6, 6.07) is 1.46. The number of halogens is 20. The molecule has 1 saturated heterocycles. The van der Waals surface area contributed by atoms with E-state index in [4.69, 9.17) is 39.8 Å². The van der Waals surface area contributed by atoms with Crippen LogP contribution < -0.4 is 32.1 Å². The van der Waals surface area contributed by atoms with Gasteiger partial charge in [-0.05, 0) is 99.6 Å². The second-order valence-corrected chi connectivity index (χ2v) is 21.3. The van der Waals surface area contributed by atoms with E-state index in [9.17, 15) is 105 Å². The summed E-state index contributed by atoms with van der Waals surface area (Å²) >= 11 is 9.53. The fraction of sp³-hybridized carbons (Fsp3) is 0.659. The number of sulfonamides is 2. The number of aliphatic hydroxyl groups is 1. The van der Waals surface area contributed by atoms with E-state index >= 15 is 0 Å². The minimum Gasteiger partial charge on any atom is -0.395 e. The molecule has 2 aromatic rings. The third kappa shape index (κ3) is 25.6. The van der Waals surface area contributed by atoms with E-state index < -0.39 is 108 Å². The molecule has 1 heterocycles. The van der Waals surface area contributed by atoms with Crippen LogP contribution in [0.2, 0.25) is 0 Å². The van der Waals surface area contributed by atoms with Crippen molar-refractivity contribution < 1.29 is 111 Å². The van der Waals surface area contributed by atoms with Gasteiger partial charge in [0.05, 0.1) is 34.2 Å². The van der Waals surface area contributed by atoms with E-state index in [2.05, 4.69) is 16.0 Å². The molecule has 0 spiro atoms. The van der Waals surface area contributed by atoms with Gasteiger partial charge in [-0.3, -0.25) is 9.59 Å². The van der Waals surface area contributed by atoms with Crippen LogP contribution in [0.25, 0.3) is 0 Å². The summed E-state index contributed by atoms with van der Waals surface area (Å²) < 4.78 is 270. The first-order chi connectivity index (χ1) is 35.0. The Morgan fingerprint density at radius 1 is 0.571 bits per heavy atom. The van der Waals surface area contributed by atoms with Gasteiger partial charge in [-0.15, -0.1) is 23.2 Å². The SMILES string of the molecule is ClCCl.NC1CCC(CNC(=O)c2cc(C(F)(F)F)cc(C(F)(F)F)c2)CC1.NCCO.O=C(NCC1CCC(NCCNS(=O)(=O)C(F)(F)F)CC1)c1cc(C(F)(F)F)cc(C(F)(F)F)c1.O=S(=O)(N1CC1)C(F)(F)F. The number of benzene rings is 2. The molecule has 36 heteroatoms. The van der Waals surface area contributed by atoms with Crippen molar-refractivity contribution in [3.63, 3.8) is 0 Å². The lowest BCUT2D eigenvalue weighted by molar-refractivity contribution is -0.144. The number of hydrogen-bond donors (Lipinski definition) is 7. The molecule has 446 valence electrons. The highest BCUT2D eigenvalue weighted by Gasteiger charge is 2.53. The van der Waals surface area contributed by atoms with Gasteiger partial charge in [0.1, 0.15) is 0 Å². The number of alkyl halides is 20. The van der Waals surface area contributed by atoms with Crippen molar-refractivity contribution in [1.29, 1.82) is 0 Å². The van der Waals surface area contributed by atoms with Gasteiger partial charge in [-0.25, -0.2) is 21.6 Å². The molecule has 0 radical (unpaired) electrons. The minimum absolute atomic E-state index is 0.000691. The second-order valence-electron chi connectivity index (χ2n) is 16.8. The zero-order chi connectivity index (χ0) is 59.6. The number of carbonyl (C=O) groups excluding carboxylic acids is 2. The molecule has 3 aliphatic rings. The number of nitrogens with one attached hydrogen (secondary N) is 4. The summed E-state index contributed by atoms with van der Waals surface area (Å²) in [7, 11) is -10.4. The number of amides is 2. The fourth-order valence-corrected chi connectivity index (χ4v) is 8.17. The van der Waals surface area contributed by atoms with Gasteiger partial charge in [-0.2, -0.15) is 83.3 Å². The first-order valence-corrected chi connectivity index (χ1v) is 26.2. The Kier molecular flexibility index (Phi) is 28.0. The van der Waals surface area contributed by atoms with E-state index in [1.165, 1.54) is 4.72 Å². The lowest BCUT2D eigenvalue weighted by Crippen LogP contribution is -2.43. The third-order valence-corrected chi connectivity index (χ3v) is 13.7. The first-order valence-electron chi connectivity index (χ1n) is 22.2. The Labute approximate surface area is 439 Å². The van der Waals surface area contributed by atoms with Crippen LogP contribution in [0.1, 0.15) is 94.3 Å². The first kappa shape index (κ1) is 71.4. The predicted octanol–water partition coefficient (Wildman–Crippen LogP) is 8.52. The van der Waals surface area contributed by atoms with Gasteiger partial charge in [0.2, 0.25) is 0 Å². The van der Waals surface area contributed by atoms with E-state index in [0.29, 0.717) is 60.8 Å². The summed E-state index contributed by atoms with van der Waals surface area (Å²) in [6.07, 6.45) is -14.9. The topological polar surface area (TPSA) is 226 Å². The van der Waals surface area contributed by atoms with Gasteiger partial charge in [0.15, 0.2) is 0 Å². The molecule has 77 heavy (non-hydrogen) atoms. The summed E-state index contributed by atoms with van der Waals surface area (Å²) in [6.45, 7) is 0.120. The molecular weight excluding hydrogens is 1180 g/mol. The van der Waals surface area contributed by atoms with Crippen molar-refractivity contribution in [3.05, 3.63) is 69.8 Å². The number of aliphatic hydroxyl groups excluding tert-OH is 1. The van der Waals surface area contributed by atoms with E-state index in [-0.39, 0.29) is 80.7 Å². The fourth-order valence-electron chi connectivity index (χ4n) is 6.78. The van der Waals surface area contributed by atoms with Crippen molar-refractivity contribution in [2.75, 3.05) is 57.8 Å². The number of nitrogens with zero attached hydrogens (tertiary/aromatic N) is 1. The van der Waals surface area contributed by atoms with Crippen LogP contribution >= 0.6 is 23.2 Å². The van der Waals surface area contributed by atoms with Gasteiger partial charge in [-0.1, -0.05) is 0 Å². The number of carbonyl (C=O) groups is 2. The van der Waals surface area contributed by atoms with E-state index in [0.717, 1.165) is 25.7 Å². The van der Waals surface area contributed by atoms with Gasteiger partial charge < -0.3 is 32.5 Å². The monoisotopic (exact) mass is 1230 g/mol. The summed E-state index contributed by atoms with van der Waals surface area (Å²) in [5.74, 6) is -2.03. The molecule has 14 nitrogen and oxygen atoms in total. The Morgan fingerprint density at radius 2 is 0.896 bits per heavy atom. The molecule has 0 aromatic heterocycles. The molecule has 1 aliphatic heterocycles. The van der Waals surface area contributed by atoms with Gasteiger partial charge in [0, 0.05) is 69.0 Å². The molecule has 0 bridgehead atoms. The van der Waals surface area contributed by atoms with Crippen LogP contribution in [-0.4, -0.2) is 119 Å². The quantitative estimate of drug-likeness (QED) is 0.0438. The maximum Gasteiger partial charge on any atom is 0.511 e. The average Bonchev–Trinajstić information content (AvgIpc) is 4.18. The predicted molar refractivity (Wildman–Crippen MR) is 243 cm³/mol. The summed E-state index contributed by atoms with van der Waals surface area (Å²) in [5, 5.41) is 15.6. The van der Waals surface area contributed by atoms with Crippen LogP contribution in [0.5, 0.6) is 0 Å². The average molecular weight is 1230 g/mol. The minimum atomic E-state index is -5.42. The highest BCUT2D eigenvalue weighted by Crippen LogP contribution is 2.38. The van der Waals surface area contributed by atoms with E-state index in [1.807, 2.05) is 0 Å². The highest BCUT2D eigenvalue weighted by atomic mass is 35.5. The maximum absolute atomic E-state index is 12.9. The second kappa shape index (κ2) is 30.3. The Bertz CT molecular complexity index is 2310. The maximum atomic E-state index is 12.9. The molecule has 0 unspecified atom stereocenters. The molecule has 2 saturated carbocycles. The van der Waals surface area contributed by atoms with Crippen molar-refractivity contribution in [2.45, 2.75) is 99.2 Å². The number of nitrogens with two attached hydrogens (primary N) is 2. The molecule has 9 N–H and O–H groups in total. The van der Waals surface area contributed by atoms with Crippen molar-refractivity contribution in [1.82, 2.24) is 25.0 Å². The lowest BCUT2D eigenvalue weighted by Gasteiger charge is -2.29. The smallest absolute Gasteiger partial charge is 0.395 e. The Morgan fingerprint density at radius 3 is 1.16 bits per heavy atom. The summed E-state index contributed by atoms with van der Waals surface area (Å²) in [5.41, 5.74) is -7.62. The van der Waals surface area contributed by atoms with Crippen molar-refractivity contribution >= 4 is 55.1 Å². The van der Waals surface area contributed by atoms with Crippen LogP contribution in [0, 0.1) is 11.8 Å². The van der Waals surface area contributed by atoms with Crippen LogP contribution in [-0.2, 0) is 44.8 Å². The number of hydrogen-bond acceptors (Lipinski definition) is 10.